The van der Waals surface area contributed by atoms with Crippen LogP contribution in [0.1, 0.15) is 0 Å². The fourth-order valence-electron chi connectivity index (χ4n) is 2.20. The molecular formula is C18H14N2S4. The Bertz CT molecular complexity index is 841. The van der Waals surface area contributed by atoms with Crippen molar-refractivity contribution in [1.82, 2.24) is 9.97 Å². The zero-order valence-electron chi connectivity index (χ0n) is 12.7. The molecule has 4 aromatic rings. The molecule has 0 saturated carbocycles. The largest absolute Gasteiger partial charge is 0.230 e. The molecule has 0 aliphatic rings. The summed E-state index contributed by atoms with van der Waals surface area (Å²) in [6.45, 7) is 0. The summed E-state index contributed by atoms with van der Waals surface area (Å²) in [7, 11) is 0. The standard InChI is InChI=1S/C18H14N2S4/c1-3-9-15-13(7-1)19-17(23-15)21-11-5-6-12-22-18-20-14-8-2-4-10-16(14)24-18/h1-10H,11-12H2. The van der Waals surface area contributed by atoms with E-state index in [-0.39, 0.29) is 0 Å². The van der Waals surface area contributed by atoms with Gasteiger partial charge in [-0.15, -0.1) is 22.7 Å². The zero-order valence-corrected chi connectivity index (χ0v) is 16.0. The highest BCUT2D eigenvalue weighted by atomic mass is 32.2. The van der Waals surface area contributed by atoms with Crippen LogP contribution >= 0.6 is 46.2 Å². The number of para-hydroxylation sites is 2. The van der Waals surface area contributed by atoms with Gasteiger partial charge in [-0.25, -0.2) is 9.97 Å². The number of aromatic nitrogens is 2. The van der Waals surface area contributed by atoms with Gasteiger partial charge in [0.25, 0.3) is 0 Å². The number of fused-ring (bicyclic) bond motifs is 2. The minimum Gasteiger partial charge on any atom is -0.230 e. The van der Waals surface area contributed by atoms with E-state index in [4.69, 9.17) is 0 Å². The van der Waals surface area contributed by atoms with Crippen LogP contribution in [-0.4, -0.2) is 21.5 Å². The molecule has 120 valence electrons. The lowest BCUT2D eigenvalue weighted by atomic mass is 10.3. The third-order valence-corrected chi connectivity index (χ3v) is 7.59. The normalized spacial score (nSPS) is 11.8. The second-order valence-electron chi connectivity index (χ2n) is 4.99. The molecule has 0 amide bonds. The molecule has 0 unspecified atom stereocenters. The van der Waals surface area contributed by atoms with Crippen LogP contribution in [0.3, 0.4) is 0 Å². The maximum absolute atomic E-state index is 4.64. The summed E-state index contributed by atoms with van der Waals surface area (Å²) >= 11 is 7.12. The van der Waals surface area contributed by atoms with Gasteiger partial charge in [0.2, 0.25) is 0 Å². The van der Waals surface area contributed by atoms with E-state index in [2.05, 4.69) is 58.5 Å². The summed E-state index contributed by atoms with van der Waals surface area (Å²) in [6, 6.07) is 16.6. The number of benzene rings is 2. The van der Waals surface area contributed by atoms with Crippen LogP contribution in [0.15, 0.2) is 69.4 Å². The van der Waals surface area contributed by atoms with Crippen molar-refractivity contribution >= 4 is 66.6 Å². The average molecular weight is 387 g/mol. The van der Waals surface area contributed by atoms with Crippen molar-refractivity contribution in [2.75, 3.05) is 11.5 Å². The van der Waals surface area contributed by atoms with E-state index in [1.54, 1.807) is 46.2 Å². The molecule has 6 heteroatoms. The van der Waals surface area contributed by atoms with E-state index in [1.807, 2.05) is 12.1 Å². The summed E-state index contributed by atoms with van der Waals surface area (Å²) in [5.41, 5.74) is 2.20. The Morgan fingerprint density at radius 1 is 0.708 bits per heavy atom. The zero-order chi connectivity index (χ0) is 16.2. The fourth-order valence-corrected chi connectivity index (χ4v) is 6.09. The Hall–Kier alpha value is -1.34. The number of rotatable bonds is 6. The van der Waals surface area contributed by atoms with Gasteiger partial charge in [-0.3, -0.25) is 0 Å². The lowest BCUT2D eigenvalue weighted by Gasteiger charge is -1.91. The lowest BCUT2D eigenvalue weighted by molar-refractivity contribution is 1.30. The molecule has 0 aliphatic heterocycles. The Morgan fingerprint density at radius 2 is 1.17 bits per heavy atom. The molecule has 0 aliphatic carbocycles. The first kappa shape index (κ1) is 16.1. The summed E-state index contributed by atoms with van der Waals surface area (Å²) in [6.07, 6.45) is 4.44. The van der Waals surface area contributed by atoms with Crippen molar-refractivity contribution < 1.29 is 0 Å². The molecule has 0 spiro atoms. The molecule has 2 heterocycles. The molecule has 2 aromatic carbocycles. The van der Waals surface area contributed by atoms with Gasteiger partial charge < -0.3 is 0 Å². The monoisotopic (exact) mass is 386 g/mol. The van der Waals surface area contributed by atoms with Crippen LogP contribution < -0.4 is 0 Å². The number of hydrogen-bond acceptors (Lipinski definition) is 6. The van der Waals surface area contributed by atoms with Gasteiger partial charge in [0.05, 0.1) is 20.4 Å². The van der Waals surface area contributed by atoms with E-state index in [1.165, 1.54) is 9.40 Å². The van der Waals surface area contributed by atoms with Gasteiger partial charge in [0, 0.05) is 11.5 Å². The van der Waals surface area contributed by atoms with Gasteiger partial charge in [0.15, 0.2) is 8.68 Å². The Kier molecular flexibility index (Phi) is 5.18. The van der Waals surface area contributed by atoms with Crippen LogP contribution in [0.5, 0.6) is 0 Å². The minimum absolute atomic E-state index is 0.959. The molecule has 2 nitrogen and oxygen atoms in total. The van der Waals surface area contributed by atoms with Crippen molar-refractivity contribution in [2.45, 2.75) is 8.68 Å². The second-order valence-corrected chi connectivity index (χ2v) is 9.58. The van der Waals surface area contributed by atoms with E-state index in [0.717, 1.165) is 31.2 Å². The third-order valence-electron chi connectivity index (χ3n) is 3.32. The van der Waals surface area contributed by atoms with Crippen LogP contribution in [0.4, 0.5) is 0 Å². The van der Waals surface area contributed by atoms with E-state index in [9.17, 15) is 0 Å². The highest BCUT2D eigenvalue weighted by Crippen LogP contribution is 2.30. The van der Waals surface area contributed by atoms with Crippen LogP contribution in [0, 0.1) is 0 Å². The molecule has 24 heavy (non-hydrogen) atoms. The van der Waals surface area contributed by atoms with Gasteiger partial charge in [-0.05, 0) is 24.3 Å². The highest BCUT2D eigenvalue weighted by Gasteiger charge is 2.03. The Labute approximate surface area is 157 Å². The first-order valence-corrected chi connectivity index (χ1v) is 11.1. The second kappa shape index (κ2) is 7.70. The van der Waals surface area contributed by atoms with Crippen molar-refractivity contribution in [3.05, 3.63) is 60.7 Å². The predicted molar refractivity (Wildman–Crippen MR) is 110 cm³/mol. The molecule has 0 atom stereocenters. The molecule has 2 aromatic heterocycles. The maximum atomic E-state index is 4.64. The topological polar surface area (TPSA) is 25.8 Å². The minimum atomic E-state index is 0.959. The Morgan fingerprint density at radius 3 is 1.62 bits per heavy atom. The van der Waals surface area contributed by atoms with Crippen molar-refractivity contribution in [3.63, 3.8) is 0 Å². The van der Waals surface area contributed by atoms with Crippen LogP contribution in [-0.2, 0) is 0 Å². The molecule has 0 saturated heterocycles. The number of thiazole rings is 2. The highest BCUT2D eigenvalue weighted by molar-refractivity contribution is 8.01. The lowest BCUT2D eigenvalue weighted by Crippen LogP contribution is -1.75. The summed E-state index contributed by atoms with van der Waals surface area (Å²) in [5, 5.41) is 0. The van der Waals surface area contributed by atoms with Crippen molar-refractivity contribution in [2.24, 2.45) is 0 Å². The number of nitrogens with zero attached hydrogens (tertiary/aromatic N) is 2. The molecule has 0 radical (unpaired) electrons. The van der Waals surface area contributed by atoms with E-state index in [0.29, 0.717) is 0 Å². The summed E-state index contributed by atoms with van der Waals surface area (Å²) < 4.78 is 4.80. The first-order valence-electron chi connectivity index (χ1n) is 7.50. The van der Waals surface area contributed by atoms with Gasteiger partial charge >= 0.3 is 0 Å². The first-order chi connectivity index (χ1) is 11.9. The predicted octanol–water partition coefficient (Wildman–Crippen LogP) is 6.35. The third kappa shape index (κ3) is 3.83. The van der Waals surface area contributed by atoms with Gasteiger partial charge in [-0.1, -0.05) is 59.9 Å². The quantitative estimate of drug-likeness (QED) is 0.285. The van der Waals surface area contributed by atoms with Crippen LogP contribution in [0.2, 0.25) is 0 Å². The fraction of sp³-hybridized carbons (Fsp3) is 0.111. The van der Waals surface area contributed by atoms with Crippen LogP contribution in [0.25, 0.3) is 20.4 Å². The van der Waals surface area contributed by atoms with E-state index >= 15 is 0 Å². The van der Waals surface area contributed by atoms with Gasteiger partial charge in [0.1, 0.15) is 0 Å². The molecule has 0 bridgehead atoms. The average Bonchev–Trinajstić information content (AvgIpc) is 3.20. The molecule has 0 fully saturated rings. The summed E-state index contributed by atoms with van der Waals surface area (Å²) in [4.78, 5) is 9.27. The smallest absolute Gasteiger partial charge is 0.151 e. The SMILES string of the molecule is C(=CCSc1nc2ccccc2s1)CSc1nc2ccccc2s1. The number of hydrogen-bond donors (Lipinski definition) is 0. The van der Waals surface area contributed by atoms with E-state index < -0.39 is 0 Å². The Balaban J connectivity index is 1.27. The van der Waals surface area contributed by atoms with Crippen molar-refractivity contribution in [1.29, 1.82) is 0 Å². The maximum Gasteiger partial charge on any atom is 0.151 e. The number of thioether (sulfide) groups is 2. The molecule has 4 rings (SSSR count). The van der Waals surface area contributed by atoms with Crippen molar-refractivity contribution in [3.8, 4) is 0 Å². The summed E-state index contributed by atoms with van der Waals surface area (Å²) in [5.74, 6) is 1.92. The van der Waals surface area contributed by atoms with Gasteiger partial charge in [-0.2, -0.15) is 0 Å². The molecule has 0 N–H and O–H groups in total. The molecular weight excluding hydrogens is 372 g/mol.